The Morgan fingerprint density at radius 2 is 1.81 bits per heavy atom. The van der Waals surface area contributed by atoms with Gasteiger partial charge in [-0.15, -0.1) is 0 Å². The van der Waals surface area contributed by atoms with E-state index in [0.29, 0.717) is 25.9 Å². The molecule has 4 heterocycles. The summed E-state index contributed by atoms with van der Waals surface area (Å²) in [6, 6.07) is 1.21. The van der Waals surface area contributed by atoms with Gasteiger partial charge in [-0.25, -0.2) is 22.4 Å². The first-order valence-electron chi connectivity index (χ1n) is 14.4. The summed E-state index contributed by atoms with van der Waals surface area (Å²) in [6.45, 7) is 5.45. The molecule has 5 rings (SSSR count). The van der Waals surface area contributed by atoms with Crippen molar-refractivity contribution in [2.45, 2.75) is 76.2 Å². The fourth-order valence-corrected chi connectivity index (χ4v) is 6.40. The Balaban J connectivity index is 1.25. The molecule has 0 spiro atoms. The van der Waals surface area contributed by atoms with Crippen LogP contribution in [0.5, 0.6) is 0 Å². The lowest BCUT2D eigenvalue weighted by molar-refractivity contribution is -0.134. The van der Waals surface area contributed by atoms with Crippen LogP contribution in [0.15, 0.2) is 6.07 Å². The number of alkyl halides is 2. The van der Waals surface area contributed by atoms with Gasteiger partial charge in [0.15, 0.2) is 5.82 Å². The molecule has 1 N–H and O–H groups in total. The van der Waals surface area contributed by atoms with Gasteiger partial charge in [-0.1, -0.05) is 0 Å². The van der Waals surface area contributed by atoms with Crippen LogP contribution >= 0.6 is 0 Å². The van der Waals surface area contributed by atoms with E-state index in [1.165, 1.54) is 17.8 Å². The Morgan fingerprint density at radius 1 is 1.12 bits per heavy atom. The van der Waals surface area contributed by atoms with Crippen LogP contribution in [0.3, 0.4) is 0 Å². The third-order valence-electron chi connectivity index (χ3n) is 8.53. The summed E-state index contributed by atoms with van der Waals surface area (Å²) in [4.78, 5) is 39.2. The van der Waals surface area contributed by atoms with Gasteiger partial charge in [-0.3, -0.25) is 19.6 Å². The molecule has 0 aliphatic carbocycles. The van der Waals surface area contributed by atoms with E-state index in [4.69, 9.17) is 4.74 Å². The minimum absolute atomic E-state index is 0.0593. The van der Waals surface area contributed by atoms with E-state index < -0.39 is 65.4 Å². The molecule has 42 heavy (non-hydrogen) atoms. The number of ether oxygens (including phenoxy) is 1. The average Bonchev–Trinajstić information content (AvgIpc) is 3.20. The Morgan fingerprint density at radius 3 is 2.43 bits per heavy atom. The molecule has 3 saturated heterocycles. The van der Waals surface area contributed by atoms with Gasteiger partial charge in [0.05, 0.1) is 18.2 Å². The molecule has 230 valence electrons. The van der Waals surface area contributed by atoms with Gasteiger partial charge >= 0.3 is 6.09 Å². The molecule has 2 atom stereocenters. The van der Waals surface area contributed by atoms with E-state index in [0.717, 1.165) is 4.90 Å². The molecule has 2 aromatic rings. The number of hydrogen-bond acceptors (Lipinski definition) is 6. The highest BCUT2D eigenvalue weighted by Crippen LogP contribution is 2.40. The summed E-state index contributed by atoms with van der Waals surface area (Å²) < 4.78 is 68.0. The number of halogens is 4. The molecule has 3 aliphatic rings. The van der Waals surface area contributed by atoms with E-state index in [-0.39, 0.29) is 54.5 Å². The first-order chi connectivity index (χ1) is 19.6. The summed E-state index contributed by atoms with van der Waals surface area (Å²) in [5.41, 5.74) is -0.514. The van der Waals surface area contributed by atoms with Crippen LogP contribution in [-0.4, -0.2) is 81.7 Å². The van der Waals surface area contributed by atoms with Crippen molar-refractivity contribution in [3.63, 3.8) is 0 Å². The number of benzene rings is 1. The SMILES string of the molecule is Cn1nc(C2CCC(=O)NC2=O)c2cc(F)c(C3CCN(C[C@H]4CCN(C(=O)OC(C)(C)C)CC4(F)F)CC3)c(F)c21. The van der Waals surface area contributed by atoms with Crippen LogP contribution in [0, 0.1) is 17.6 Å². The second kappa shape index (κ2) is 11.1. The number of likely N-dealkylation sites (tertiary alicyclic amines) is 2. The Kier molecular flexibility index (Phi) is 8.01. The first-order valence-corrected chi connectivity index (χ1v) is 14.4. The summed E-state index contributed by atoms with van der Waals surface area (Å²) >= 11 is 0. The van der Waals surface area contributed by atoms with E-state index >= 15 is 17.6 Å². The van der Waals surface area contributed by atoms with Crippen molar-refractivity contribution in [3.05, 3.63) is 29.0 Å². The van der Waals surface area contributed by atoms with Gasteiger partial charge in [0.2, 0.25) is 11.8 Å². The average molecular weight is 596 g/mol. The summed E-state index contributed by atoms with van der Waals surface area (Å²) in [7, 11) is 1.53. The van der Waals surface area contributed by atoms with Gasteiger partial charge in [0, 0.05) is 43.4 Å². The molecule has 1 aromatic carbocycles. The number of aryl methyl sites for hydroxylation is 1. The lowest BCUT2D eigenvalue weighted by atomic mass is 9.86. The summed E-state index contributed by atoms with van der Waals surface area (Å²) in [5, 5.41) is 6.78. The lowest BCUT2D eigenvalue weighted by Gasteiger charge is -2.42. The molecule has 1 aromatic heterocycles. The maximum absolute atomic E-state index is 15.9. The fraction of sp³-hybridized carbons (Fsp3) is 0.655. The molecular weight excluding hydrogens is 558 g/mol. The number of carbonyl (C=O) groups is 3. The van der Waals surface area contributed by atoms with Crippen LogP contribution in [0.25, 0.3) is 10.9 Å². The monoisotopic (exact) mass is 595 g/mol. The smallest absolute Gasteiger partial charge is 0.410 e. The largest absolute Gasteiger partial charge is 0.444 e. The molecule has 3 fully saturated rings. The third-order valence-corrected chi connectivity index (χ3v) is 8.53. The van der Waals surface area contributed by atoms with Crippen LogP contribution in [0.4, 0.5) is 22.4 Å². The number of imide groups is 1. The van der Waals surface area contributed by atoms with Crippen molar-refractivity contribution in [1.82, 2.24) is 24.9 Å². The minimum atomic E-state index is -3.09. The number of rotatable bonds is 4. The zero-order valence-corrected chi connectivity index (χ0v) is 24.3. The van der Waals surface area contributed by atoms with Crippen molar-refractivity contribution in [1.29, 1.82) is 0 Å². The van der Waals surface area contributed by atoms with Gasteiger partial charge in [0.25, 0.3) is 5.92 Å². The summed E-state index contributed by atoms with van der Waals surface area (Å²) in [6.07, 6.45) is 0.478. The molecule has 1 unspecified atom stereocenters. The van der Waals surface area contributed by atoms with Gasteiger partial charge < -0.3 is 14.5 Å². The van der Waals surface area contributed by atoms with Crippen molar-refractivity contribution in [3.8, 4) is 0 Å². The van der Waals surface area contributed by atoms with Crippen LogP contribution in [0.2, 0.25) is 0 Å². The molecule has 0 saturated carbocycles. The highest BCUT2D eigenvalue weighted by Gasteiger charge is 2.47. The van der Waals surface area contributed by atoms with Gasteiger partial charge in [0.1, 0.15) is 16.9 Å². The molecule has 0 radical (unpaired) electrons. The Hall–Kier alpha value is -3.22. The van der Waals surface area contributed by atoms with Gasteiger partial charge in [-0.2, -0.15) is 5.10 Å². The normalized spacial score (nSPS) is 24.2. The predicted molar refractivity (Wildman–Crippen MR) is 145 cm³/mol. The second-order valence-electron chi connectivity index (χ2n) is 12.7. The zero-order valence-electron chi connectivity index (χ0n) is 24.3. The van der Waals surface area contributed by atoms with Crippen LogP contribution < -0.4 is 5.32 Å². The predicted octanol–water partition coefficient (Wildman–Crippen LogP) is 4.44. The fourth-order valence-electron chi connectivity index (χ4n) is 6.40. The topological polar surface area (TPSA) is 96.8 Å². The molecular formula is C29H37F4N5O4. The maximum atomic E-state index is 15.9. The summed E-state index contributed by atoms with van der Waals surface area (Å²) in [5.74, 6) is -7.67. The highest BCUT2D eigenvalue weighted by atomic mass is 19.3. The zero-order chi connectivity index (χ0) is 30.6. The van der Waals surface area contributed by atoms with E-state index in [1.807, 2.05) is 4.90 Å². The number of hydrogen-bond donors (Lipinski definition) is 1. The van der Waals surface area contributed by atoms with Crippen LogP contribution in [0.1, 0.15) is 76.0 Å². The molecule has 13 heteroatoms. The number of nitrogens with one attached hydrogen (secondary N) is 1. The van der Waals surface area contributed by atoms with Crippen molar-refractivity contribution in [2.75, 3.05) is 32.7 Å². The lowest BCUT2D eigenvalue weighted by Crippen LogP contribution is -2.54. The number of fused-ring (bicyclic) bond motifs is 1. The molecule has 3 aliphatic heterocycles. The molecule has 0 bridgehead atoms. The van der Waals surface area contributed by atoms with E-state index in [9.17, 15) is 14.4 Å². The third kappa shape index (κ3) is 5.97. The number of amides is 3. The van der Waals surface area contributed by atoms with Crippen molar-refractivity contribution >= 4 is 28.8 Å². The van der Waals surface area contributed by atoms with Crippen molar-refractivity contribution < 1.29 is 36.7 Å². The molecule has 3 amide bonds. The second-order valence-corrected chi connectivity index (χ2v) is 12.7. The molecule has 9 nitrogen and oxygen atoms in total. The Labute approximate surface area is 241 Å². The minimum Gasteiger partial charge on any atom is -0.444 e. The number of piperidine rings is 3. The van der Waals surface area contributed by atoms with E-state index in [2.05, 4.69) is 10.4 Å². The number of nitrogens with zero attached hydrogens (tertiary/aromatic N) is 4. The van der Waals surface area contributed by atoms with Crippen molar-refractivity contribution in [2.24, 2.45) is 13.0 Å². The van der Waals surface area contributed by atoms with Crippen LogP contribution in [-0.2, 0) is 21.4 Å². The quantitative estimate of drug-likeness (QED) is 0.415. The first kappa shape index (κ1) is 30.2. The maximum Gasteiger partial charge on any atom is 0.410 e. The highest BCUT2D eigenvalue weighted by molar-refractivity contribution is 6.02. The van der Waals surface area contributed by atoms with Gasteiger partial charge in [-0.05, 0) is 71.5 Å². The number of aromatic nitrogens is 2. The van der Waals surface area contributed by atoms with E-state index in [1.54, 1.807) is 20.8 Å². The number of carbonyl (C=O) groups excluding carboxylic acids is 3. The standard InChI is InChI=1S/C29H37F4N5O4/c1-28(2,3)42-27(41)38-12-9-17(29(32,33)15-38)14-37-10-7-16(8-11-37)22-20(30)13-19-24(35-36(4)25(19)23(22)31)18-5-6-21(39)34-26(18)40/h13,16-18H,5-12,14-15H2,1-4H3,(H,34,39,40)/t17-,18?/m1/s1. The Bertz CT molecular complexity index is 1400.